The second-order valence-electron chi connectivity index (χ2n) is 3.42. The minimum absolute atomic E-state index is 0.207. The highest BCUT2D eigenvalue weighted by Gasteiger charge is 2.14. The van der Waals surface area contributed by atoms with E-state index >= 15 is 0 Å². The van der Waals surface area contributed by atoms with E-state index in [9.17, 15) is 9.90 Å². The Kier molecular flexibility index (Phi) is 4.30. The molecule has 0 aliphatic rings. The Morgan fingerprint density at radius 3 is 3.00 bits per heavy atom. The predicted molar refractivity (Wildman–Crippen MR) is 54.5 cm³/mol. The second kappa shape index (κ2) is 5.50. The number of oxazole rings is 1. The fourth-order valence-electron chi connectivity index (χ4n) is 1.25. The van der Waals surface area contributed by atoms with Crippen LogP contribution >= 0.6 is 0 Å². The Morgan fingerprint density at radius 2 is 2.47 bits per heavy atom. The van der Waals surface area contributed by atoms with Crippen LogP contribution in [0.5, 0.6) is 0 Å². The first kappa shape index (κ1) is 11.7. The van der Waals surface area contributed by atoms with Crippen LogP contribution in [0, 0.1) is 6.92 Å². The summed E-state index contributed by atoms with van der Waals surface area (Å²) in [7, 11) is 0. The lowest BCUT2D eigenvalue weighted by atomic mass is 10.2. The lowest BCUT2D eigenvalue weighted by Gasteiger charge is -2.09. The van der Waals surface area contributed by atoms with Crippen molar-refractivity contribution in [1.82, 2.24) is 10.3 Å². The van der Waals surface area contributed by atoms with Gasteiger partial charge >= 0.3 is 0 Å². The molecule has 0 aromatic carbocycles. The molecule has 0 spiro atoms. The van der Waals surface area contributed by atoms with Crippen molar-refractivity contribution >= 4 is 5.91 Å². The third-order valence-electron chi connectivity index (χ3n) is 2.07. The number of nitrogens with zero attached hydrogens (tertiary/aromatic N) is 1. The Hall–Kier alpha value is -1.36. The van der Waals surface area contributed by atoms with E-state index in [4.69, 9.17) is 4.42 Å². The van der Waals surface area contributed by atoms with E-state index in [1.54, 1.807) is 6.92 Å². The molecular formula is C10H16N2O3. The zero-order valence-electron chi connectivity index (χ0n) is 8.99. The van der Waals surface area contributed by atoms with Crippen LogP contribution in [0.2, 0.25) is 0 Å². The summed E-state index contributed by atoms with van der Waals surface area (Å²) in [4.78, 5) is 15.3. The third-order valence-corrected chi connectivity index (χ3v) is 2.07. The minimum Gasteiger partial charge on any atom is -0.438 e. The number of carbonyl (C=O) groups is 1. The number of hydrogen-bond acceptors (Lipinski definition) is 4. The molecule has 1 amide bonds. The number of nitrogens with one attached hydrogen (secondary N) is 1. The van der Waals surface area contributed by atoms with Crippen molar-refractivity contribution in [3.05, 3.63) is 17.8 Å². The van der Waals surface area contributed by atoms with Crippen molar-refractivity contribution in [3.8, 4) is 0 Å². The summed E-state index contributed by atoms with van der Waals surface area (Å²) in [6.07, 6.45) is 2.29. The standard InChI is InChI=1S/C10H16N2O3/c1-3-4-8(13)5-11-10(14)9-7(2)12-6-15-9/h6,8,13H,3-5H2,1-2H3,(H,11,14). The molecule has 0 bridgehead atoms. The number of aromatic nitrogens is 1. The van der Waals surface area contributed by atoms with Crippen LogP contribution in [0.4, 0.5) is 0 Å². The van der Waals surface area contributed by atoms with Crippen molar-refractivity contribution < 1.29 is 14.3 Å². The molecule has 0 fully saturated rings. The monoisotopic (exact) mass is 212 g/mol. The normalized spacial score (nSPS) is 12.5. The van der Waals surface area contributed by atoms with E-state index in [1.807, 2.05) is 6.92 Å². The Bertz CT molecular complexity index is 322. The van der Waals surface area contributed by atoms with Crippen molar-refractivity contribution in [2.24, 2.45) is 0 Å². The maximum atomic E-state index is 11.5. The van der Waals surface area contributed by atoms with Gasteiger partial charge < -0.3 is 14.8 Å². The van der Waals surface area contributed by atoms with Crippen LogP contribution < -0.4 is 5.32 Å². The van der Waals surface area contributed by atoms with Gasteiger partial charge in [0.25, 0.3) is 5.91 Å². The second-order valence-corrected chi connectivity index (χ2v) is 3.42. The number of aryl methyl sites for hydroxylation is 1. The van der Waals surface area contributed by atoms with E-state index < -0.39 is 6.10 Å². The van der Waals surface area contributed by atoms with Crippen LogP contribution in [-0.2, 0) is 0 Å². The summed E-state index contributed by atoms with van der Waals surface area (Å²) in [6.45, 7) is 3.92. The van der Waals surface area contributed by atoms with Gasteiger partial charge in [-0.25, -0.2) is 4.98 Å². The first-order valence-corrected chi connectivity index (χ1v) is 5.01. The van der Waals surface area contributed by atoms with Gasteiger partial charge in [-0.3, -0.25) is 4.79 Å². The molecule has 5 nitrogen and oxygen atoms in total. The maximum Gasteiger partial charge on any atom is 0.289 e. The topological polar surface area (TPSA) is 75.4 Å². The summed E-state index contributed by atoms with van der Waals surface area (Å²) in [6, 6.07) is 0. The summed E-state index contributed by atoms with van der Waals surface area (Å²) in [5, 5.41) is 12.0. The number of carbonyl (C=O) groups excluding carboxylic acids is 1. The smallest absolute Gasteiger partial charge is 0.289 e. The Morgan fingerprint density at radius 1 is 1.73 bits per heavy atom. The van der Waals surface area contributed by atoms with Crippen molar-refractivity contribution in [1.29, 1.82) is 0 Å². The van der Waals surface area contributed by atoms with Crippen LogP contribution in [0.1, 0.15) is 36.0 Å². The first-order valence-electron chi connectivity index (χ1n) is 5.01. The molecule has 15 heavy (non-hydrogen) atoms. The quantitative estimate of drug-likeness (QED) is 0.759. The fraction of sp³-hybridized carbons (Fsp3) is 0.600. The summed E-state index contributed by atoms with van der Waals surface area (Å²) < 4.78 is 4.91. The van der Waals surface area contributed by atoms with Gasteiger partial charge in [-0.2, -0.15) is 0 Å². The molecule has 84 valence electrons. The zero-order valence-corrected chi connectivity index (χ0v) is 8.99. The average Bonchev–Trinajstić information content (AvgIpc) is 2.61. The van der Waals surface area contributed by atoms with Crippen LogP contribution in [0.25, 0.3) is 0 Å². The number of hydrogen-bond donors (Lipinski definition) is 2. The highest BCUT2D eigenvalue weighted by atomic mass is 16.3. The van der Waals surface area contributed by atoms with Crippen LogP contribution in [-0.4, -0.2) is 28.6 Å². The highest BCUT2D eigenvalue weighted by Crippen LogP contribution is 2.04. The van der Waals surface area contributed by atoms with E-state index in [1.165, 1.54) is 6.39 Å². The molecule has 0 aliphatic heterocycles. The van der Waals surface area contributed by atoms with Gasteiger partial charge in [0.05, 0.1) is 11.8 Å². The molecule has 0 aliphatic carbocycles. The number of rotatable bonds is 5. The van der Waals surface area contributed by atoms with Gasteiger partial charge in [0.2, 0.25) is 5.76 Å². The van der Waals surface area contributed by atoms with Gasteiger partial charge in [0, 0.05) is 6.54 Å². The van der Waals surface area contributed by atoms with Crippen molar-refractivity contribution in [3.63, 3.8) is 0 Å². The molecule has 1 aromatic rings. The molecule has 5 heteroatoms. The van der Waals surface area contributed by atoms with Gasteiger partial charge in [0.1, 0.15) is 0 Å². The molecule has 1 rings (SSSR count). The first-order chi connectivity index (χ1) is 7.15. The maximum absolute atomic E-state index is 11.5. The largest absolute Gasteiger partial charge is 0.438 e. The minimum atomic E-state index is -0.498. The molecule has 0 radical (unpaired) electrons. The number of aliphatic hydroxyl groups is 1. The van der Waals surface area contributed by atoms with Crippen molar-refractivity contribution in [2.45, 2.75) is 32.8 Å². The van der Waals surface area contributed by atoms with Gasteiger partial charge in [-0.15, -0.1) is 0 Å². The van der Waals surface area contributed by atoms with Gasteiger partial charge in [0.15, 0.2) is 6.39 Å². The Balaban J connectivity index is 2.40. The van der Waals surface area contributed by atoms with Crippen LogP contribution in [0.15, 0.2) is 10.8 Å². The van der Waals surface area contributed by atoms with E-state index in [0.29, 0.717) is 12.1 Å². The summed E-state index contributed by atoms with van der Waals surface area (Å²) in [5.74, 6) is -0.126. The molecule has 2 N–H and O–H groups in total. The van der Waals surface area contributed by atoms with Crippen LogP contribution in [0.3, 0.4) is 0 Å². The average molecular weight is 212 g/mol. The third kappa shape index (κ3) is 3.36. The number of aliphatic hydroxyl groups excluding tert-OH is 1. The molecule has 1 atom stereocenters. The SMILES string of the molecule is CCCC(O)CNC(=O)c1ocnc1C. The molecule has 1 heterocycles. The summed E-state index contributed by atoms with van der Waals surface area (Å²) in [5.41, 5.74) is 0.553. The molecule has 1 aromatic heterocycles. The van der Waals surface area contributed by atoms with E-state index in [2.05, 4.69) is 10.3 Å². The predicted octanol–water partition coefficient (Wildman–Crippen LogP) is 0.874. The molecule has 0 saturated heterocycles. The molecular weight excluding hydrogens is 196 g/mol. The van der Waals surface area contributed by atoms with Gasteiger partial charge in [-0.05, 0) is 13.3 Å². The fourth-order valence-corrected chi connectivity index (χ4v) is 1.25. The highest BCUT2D eigenvalue weighted by molar-refractivity contribution is 5.92. The lowest BCUT2D eigenvalue weighted by molar-refractivity contribution is 0.0882. The number of amides is 1. The Labute approximate surface area is 88.5 Å². The molecule has 1 unspecified atom stereocenters. The van der Waals surface area contributed by atoms with E-state index in [-0.39, 0.29) is 18.2 Å². The lowest BCUT2D eigenvalue weighted by Crippen LogP contribution is -2.32. The summed E-state index contributed by atoms with van der Waals surface area (Å²) >= 11 is 0. The zero-order chi connectivity index (χ0) is 11.3. The van der Waals surface area contributed by atoms with Gasteiger partial charge in [-0.1, -0.05) is 13.3 Å². The van der Waals surface area contributed by atoms with Crippen molar-refractivity contribution in [2.75, 3.05) is 6.54 Å². The van der Waals surface area contributed by atoms with E-state index in [0.717, 1.165) is 6.42 Å². The molecule has 0 saturated carbocycles.